The van der Waals surface area contributed by atoms with E-state index in [9.17, 15) is 9.59 Å². The van der Waals surface area contributed by atoms with Gasteiger partial charge in [-0.3, -0.25) is 9.59 Å². The number of carbonyl (C=O) groups is 2. The van der Waals surface area contributed by atoms with Gasteiger partial charge >= 0.3 is 5.97 Å². The summed E-state index contributed by atoms with van der Waals surface area (Å²) in [5.41, 5.74) is 4.35. The molecule has 0 spiro atoms. The molecule has 1 saturated carbocycles. The van der Waals surface area contributed by atoms with Crippen LogP contribution < -0.4 is 11.1 Å². The second-order valence-corrected chi connectivity index (χ2v) is 5.04. The molecular weight excluding hydrogens is 224 g/mol. The number of amides is 1. The van der Waals surface area contributed by atoms with Crippen molar-refractivity contribution in [3.8, 4) is 0 Å². The fraction of sp³-hybridized carbons (Fsp3) is 0.818. The molecule has 1 amide bonds. The van der Waals surface area contributed by atoms with E-state index in [1.165, 1.54) is 0 Å². The number of hydrogen-bond donors (Lipinski definition) is 3. The molecule has 0 atom stereocenters. The molecule has 96 valence electrons. The van der Waals surface area contributed by atoms with Crippen LogP contribution in [0, 0.1) is 5.41 Å². The van der Waals surface area contributed by atoms with Gasteiger partial charge in [0, 0.05) is 19.8 Å². The molecule has 1 heterocycles. The highest BCUT2D eigenvalue weighted by Crippen LogP contribution is 2.45. The fourth-order valence-electron chi connectivity index (χ4n) is 2.01. The number of aliphatic carboxylic acids is 1. The van der Waals surface area contributed by atoms with Gasteiger partial charge in [-0.1, -0.05) is 0 Å². The minimum atomic E-state index is -0.896. The van der Waals surface area contributed by atoms with Gasteiger partial charge in [0.2, 0.25) is 5.91 Å². The summed E-state index contributed by atoms with van der Waals surface area (Å²) in [6, 6.07) is 0. The van der Waals surface area contributed by atoms with Gasteiger partial charge in [-0.05, 0) is 25.7 Å². The smallest absolute Gasteiger partial charge is 0.311 e. The molecule has 0 aromatic heterocycles. The van der Waals surface area contributed by atoms with Crippen LogP contribution in [0.25, 0.3) is 0 Å². The number of hydrogen-bond acceptors (Lipinski definition) is 4. The first kappa shape index (κ1) is 12.3. The van der Waals surface area contributed by atoms with E-state index < -0.39 is 16.9 Å². The molecule has 0 aromatic carbocycles. The van der Waals surface area contributed by atoms with Crippen molar-refractivity contribution < 1.29 is 19.4 Å². The van der Waals surface area contributed by atoms with Gasteiger partial charge in [-0.15, -0.1) is 0 Å². The van der Waals surface area contributed by atoms with Crippen molar-refractivity contribution >= 4 is 11.9 Å². The van der Waals surface area contributed by atoms with E-state index in [1.54, 1.807) is 0 Å². The van der Waals surface area contributed by atoms with Crippen LogP contribution in [-0.2, 0) is 14.3 Å². The summed E-state index contributed by atoms with van der Waals surface area (Å²) in [4.78, 5) is 22.9. The average molecular weight is 242 g/mol. The van der Waals surface area contributed by atoms with Crippen molar-refractivity contribution in [1.82, 2.24) is 5.32 Å². The highest BCUT2D eigenvalue weighted by Gasteiger charge is 2.51. The summed E-state index contributed by atoms with van der Waals surface area (Å²) in [6.07, 6.45) is 2.23. The molecular formula is C11H18N2O4. The van der Waals surface area contributed by atoms with Crippen LogP contribution in [0.4, 0.5) is 0 Å². The van der Waals surface area contributed by atoms with E-state index in [0.717, 1.165) is 0 Å². The lowest BCUT2D eigenvalue weighted by Crippen LogP contribution is -2.57. The predicted molar refractivity (Wildman–Crippen MR) is 59.3 cm³/mol. The first-order valence-corrected chi connectivity index (χ1v) is 5.87. The Bertz CT molecular complexity index is 332. The van der Waals surface area contributed by atoms with Crippen LogP contribution in [0.5, 0.6) is 0 Å². The van der Waals surface area contributed by atoms with Crippen LogP contribution in [0.15, 0.2) is 0 Å². The van der Waals surface area contributed by atoms with Crippen LogP contribution in [-0.4, -0.2) is 42.3 Å². The predicted octanol–water partition coefficient (Wildman–Crippen LogP) is -0.525. The molecule has 2 rings (SSSR count). The number of nitrogens with two attached hydrogens (primary N) is 1. The third-order valence-electron chi connectivity index (χ3n) is 3.73. The number of carboxylic acid groups (broad SMARTS) is 1. The maximum Gasteiger partial charge on any atom is 0.311 e. The number of nitrogens with one attached hydrogen (secondary N) is 1. The lowest BCUT2D eigenvalue weighted by molar-refractivity contribution is -0.143. The van der Waals surface area contributed by atoms with Crippen molar-refractivity contribution in [1.29, 1.82) is 0 Å². The maximum atomic E-state index is 11.9. The molecule has 0 aromatic rings. The van der Waals surface area contributed by atoms with Crippen molar-refractivity contribution in [2.75, 3.05) is 19.8 Å². The zero-order valence-electron chi connectivity index (χ0n) is 9.70. The topological polar surface area (TPSA) is 102 Å². The molecule has 6 nitrogen and oxygen atoms in total. The minimum absolute atomic E-state index is 0.182. The van der Waals surface area contributed by atoms with Crippen LogP contribution in [0.2, 0.25) is 0 Å². The van der Waals surface area contributed by atoms with Crippen molar-refractivity contribution in [2.45, 2.75) is 31.2 Å². The molecule has 6 heteroatoms. The Morgan fingerprint density at radius 3 is 2.29 bits per heavy atom. The zero-order chi connectivity index (χ0) is 12.5. The van der Waals surface area contributed by atoms with Crippen molar-refractivity contribution in [3.05, 3.63) is 0 Å². The molecule has 2 aliphatic rings. The lowest BCUT2D eigenvalue weighted by atomic mass is 9.90. The van der Waals surface area contributed by atoms with E-state index in [0.29, 0.717) is 38.9 Å². The Labute approximate surface area is 99.5 Å². The SMILES string of the molecule is NC1(C(=O)NCC2(C(=O)O)CC2)CCOCC1. The second kappa shape index (κ2) is 4.27. The van der Waals surface area contributed by atoms with Gasteiger partial charge in [0.25, 0.3) is 0 Å². The highest BCUT2D eigenvalue weighted by molar-refractivity contribution is 5.87. The monoisotopic (exact) mass is 242 g/mol. The Balaban J connectivity index is 1.87. The van der Waals surface area contributed by atoms with E-state index in [-0.39, 0.29) is 12.5 Å². The third kappa shape index (κ3) is 2.42. The van der Waals surface area contributed by atoms with Crippen LogP contribution >= 0.6 is 0 Å². The standard InChI is InChI=1S/C11H18N2O4/c12-11(3-5-17-6-4-11)8(14)13-7-10(1-2-10)9(15)16/h1-7,12H2,(H,13,14)(H,15,16). The average Bonchev–Trinajstić information content (AvgIpc) is 3.08. The number of ether oxygens (including phenoxy) is 1. The summed E-state index contributed by atoms with van der Waals surface area (Å²) in [6.45, 7) is 1.14. The zero-order valence-corrected chi connectivity index (χ0v) is 9.70. The van der Waals surface area contributed by atoms with Crippen molar-refractivity contribution in [3.63, 3.8) is 0 Å². The number of rotatable bonds is 4. The first-order chi connectivity index (χ1) is 7.99. The highest BCUT2D eigenvalue weighted by atomic mass is 16.5. The molecule has 4 N–H and O–H groups in total. The van der Waals surface area contributed by atoms with Gasteiger partial charge < -0.3 is 20.9 Å². The summed E-state index contributed by atoms with van der Waals surface area (Å²) >= 11 is 0. The summed E-state index contributed by atoms with van der Waals surface area (Å²) < 4.78 is 5.16. The molecule has 0 radical (unpaired) electrons. The molecule has 1 saturated heterocycles. The van der Waals surface area contributed by atoms with E-state index in [1.807, 2.05) is 0 Å². The summed E-state index contributed by atoms with van der Waals surface area (Å²) in [7, 11) is 0. The van der Waals surface area contributed by atoms with E-state index in [4.69, 9.17) is 15.6 Å². The normalized spacial score (nSPS) is 25.0. The molecule has 0 bridgehead atoms. The Morgan fingerprint density at radius 1 is 1.24 bits per heavy atom. The molecule has 2 fully saturated rings. The van der Waals surface area contributed by atoms with E-state index in [2.05, 4.69) is 5.32 Å². The quantitative estimate of drug-likeness (QED) is 0.615. The number of carboxylic acids is 1. The fourth-order valence-corrected chi connectivity index (χ4v) is 2.01. The lowest BCUT2D eigenvalue weighted by Gasteiger charge is -2.32. The first-order valence-electron chi connectivity index (χ1n) is 5.87. The van der Waals surface area contributed by atoms with Gasteiger partial charge in [0.15, 0.2) is 0 Å². The molecule has 1 aliphatic heterocycles. The van der Waals surface area contributed by atoms with Crippen LogP contribution in [0.1, 0.15) is 25.7 Å². The third-order valence-corrected chi connectivity index (χ3v) is 3.73. The minimum Gasteiger partial charge on any atom is -0.481 e. The largest absolute Gasteiger partial charge is 0.481 e. The van der Waals surface area contributed by atoms with Gasteiger partial charge in [-0.25, -0.2) is 0 Å². The van der Waals surface area contributed by atoms with Crippen LogP contribution in [0.3, 0.4) is 0 Å². The molecule has 1 aliphatic carbocycles. The summed E-state index contributed by atoms with van der Waals surface area (Å²) in [5, 5.41) is 11.7. The number of carbonyl (C=O) groups excluding carboxylic acids is 1. The van der Waals surface area contributed by atoms with Crippen molar-refractivity contribution in [2.24, 2.45) is 11.1 Å². The molecule has 0 unspecified atom stereocenters. The Kier molecular flexibility index (Phi) is 3.09. The Hall–Kier alpha value is -1.14. The van der Waals surface area contributed by atoms with Gasteiger partial charge in [-0.2, -0.15) is 0 Å². The maximum absolute atomic E-state index is 11.9. The van der Waals surface area contributed by atoms with Gasteiger partial charge in [0.1, 0.15) is 0 Å². The Morgan fingerprint density at radius 2 is 1.82 bits per heavy atom. The summed E-state index contributed by atoms with van der Waals surface area (Å²) in [5.74, 6) is -1.09. The van der Waals surface area contributed by atoms with E-state index >= 15 is 0 Å². The molecule has 17 heavy (non-hydrogen) atoms. The second-order valence-electron chi connectivity index (χ2n) is 5.04. The van der Waals surface area contributed by atoms with Gasteiger partial charge in [0.05, 0.1) is 11.0 Å².